The molecule has 3 aliphatic rings. The number of ether oxygens (including phenoxy) is 1. The van der Waals surface area contributed by atoms with E-state index >= 15 is 0 Å². The van der Waals surface area contributed by atoms with Gasteiger partial charge < -0.3 is 14.5 Å². The largest absolute Gasteiger partial charge is 0.378 e. The van der Waals surface area contributed by atoms with Crippen LogP contribution in [0, 0.1) is 17.7 Å². The van der Waals surface area contributed by atoms with Crippen LogP contribution in [0.2, 0.25) is 0 Å². The molecule has 3 atom stereocenters. The highest BCUT2D eigenvalue weighted by atomic mass is 19.1. The van der Waals surface area contributed by atoms with E-state index < -0.39 is 0 Å². The van der Waals surface area contributed by atoms with E-state index in [-0.39, 0.29) is 17.4 Å². The molecule has 1 aliphatic carbocycles. The average molecular weight is 384 g/mol. The summed E-state index contributed by atoms with van der Waals surface area (Å²) in [5.41, 5.74) is 1.00. The summed E-state index contributed by atoms with van der Waals surface area (Å²) in [7, 11) is 0. The average Bonchev–Trinajstić information content (AvgIpc) is 2.93. The van der Waals surface area contributed by atoms with Crippen LogP contribution in [0.3, 0.4) is 0 Å². The number of nitrogens with one attached hydrogen (secondary N) is 1. The third kappa shape index (κ3) is 3.28. The van der Waals surface area contributed by atoms with Gasteiger partial charge in [0, 0.05) is 31.7 Å². The number of halogens is 1. The monoisotopic (exact) mass is 384 g/mol. The van der Waals surface area contributed by atoms with Crippen LogP contribution < -0.4 is 15.4 Å². The SMILES string of the molecule is O=c1cc(N2CCOCC2)nc(N2C[C@@H]3CC[C@@H]3[C@@H]2Cc2ccc(F)cc2)[nH]1. The van der Waals surface area contributed by atoms with Gasteiger partial charge in [-0.15, -0.1) is 0 Å². The van der Waals surface area contributed by atoms with Gasteiger partial charge in [0.05, 0.1) is 13.2 Å². The molecule has 2 aliphatic heterocycles. The maximum atomic E-state index is 13.3. The Hall–Kier alpha value is -2.41. The molecule has 7 heteroatoms. The first-order chi connectivity index (χ1) is 13.7. The van der Waals surface area contributed by atoms with Crippen molar-refractivity contribution in [2.75, 3.05) is 42.6 Å². The summed E-state index contributed by atoms with van der Waals surface area (Å²) in [5.74, 6) is 2.44. The molecule has 0 bridgehead atoms. The lowest BCUT2D eigenvalue weighted by Crippen LogP contribution is -2.40. The number of morpholine rings is 1. The van der Waals surface area contributed by atoms with Crippen LogP contribution in [0.4, 0.5) is 16.2 Å². The predicted molar refractivity (Wildman–Crippen MR) is 105 cm³/mol. The number of aromatic nitrogens is 2. The third-order valence-corrected chi connectivity index (χ3v) is 6.48. The Balaban J connectivity index is 1.44. The van der Waals surface area contributed by atoms with Crippen molar-refractivity contribution in [1.82, 2.24) is 9.97 Å². The van der Waals surface area contributed by atoms with E-state index in [1.807, 2.05) is 12.1 Å². The molecule has 1 aromatic carbocycles. The summed E-state index contributed by atoms with van der Waals surface area (Å²) >= 11 is 0. The number of fused-ring (bicyclic) bond motifs is 1. The summed E-state index contributed by atoms with van der Waals surface area (Å²) in [6, 6.07) is 8.62. The van der Waals surface area contributed by atoms with Gasteiger partial charge in [-0.1, -0.05) is 12.1 Å². The molecule has 2 aromatic rings. The molecule has 3 fully saturated rings. The van der Waals surface area contributed by atoms with Crippen LogP contribution in [0.15, 0.2) is 35.1 Å². The molecule has 1 aromatic heterocycles. The van der Waals surface area contributed by atoms with Crippen molar-refractivity contribution >= 4 is 11.8 Å². The Bertz CT molecular complexity index is 894. The van der Waals surface area contributed by atoms with E-state index in [1.54, 1.807) is 6.07 Å². The van der Waals surface area contributed by atoms with Gasteiger partial charge in [0.25, 0.3) is 5.56 Å². The Morgan fingerprint density at radius 1 is 1.18 bits per heavy atom. The first-order valence-corrected chi connectivity index (χ1v) is 10.1. The highest BCUT2D eigenvalue weighted by molar-refractivity contribution is 5.46. The molecule has 0 radical (unpaired) electrons. The van der Waals surface area contributed by atoms with E-state index in [1.165, 1.54) is 25.0 Å². The predicted octanol–water partition coefficient (Wildman–Crippen LogP) is 2.20. The maximum Gasteiger partial charge on any atom is 0.254 e. The molecular formula is C21H25FN4O2. The number of anilines is 2. The molecule has 148 valence electrons. The summed E-state index contributed by atoms with van der Waals surface area (Å²) in [6.07, 6.45) is 3.28. The first kappa shape index (κ1) is 17.7. The zero-order valence-corrected chi connectivity index (χ0v) is 15.8. The molecule has 0 spiro atoms. The van der Waals surface area contributed by atoms with E-state index in [4.69, 9.17) is 9.72 Å². The van der Waals surface area contributed by atoms with Gasteiger partial charge >= 0.3 is 0 Å². The van der Waals surface area contributed by atoms with Crippen molar-refractivity contribution in [2.24, 2.45) is 11.8 Å². The van der Waals surface area contributed by atoms with Crippen LogP contribution in [-0.2, 0) is 11.2 Å². The molecule has 1 saturated carbocycles. The lowest BCUT2D eigenvalue weighted by atomic mass is 9.72. The second kappa shape index (κ2) is 7.20. The van der Waals surface area contributed by atoms with Crippen LogP contribution in [0.1, 0.15) is 18.4 Å². The van der Waals surface area contributed by atoms with Crippen molar-refractivity contribution in [3.05, 3.63) is 52.1 Å². The fraction of sp³-hybridized carbons (Fsp3) is 0.524. The second-order valence-electron chi connectivity index (χ2n) is 8.08. The molecule has 3 heterocycles. The van der Waals surface area contributed by atoms with Gasteiger partial charge in [-0.25, -0.2) is 4.39 Å². The summed E-state index contributed by atoms with van der Waals surface area (Å²) in [5, 5.41) is 0. The second-order valence-corrected chi connectivity index (χ2v) is 8.08. The number of nitrogens with zero attached hydrogens (tertiary/aromatic N) is 3. The van der Waals surface area contributed by atoms with Gasteiger partial charge in [0.1, 0.15) is 11.6 Å². The van der Waals surface area contributed by atoms with Crippen LogP contribution >= 0.6 is 0 Å². The molecule has 1 N–H and O–H groups in total. The fourth-order valence-corrected chi connectivity index (χ4v) is 4.84. The molecule has 0 amide bonds. The van der Waals surface area contributed by atoms with Gasteiger partial charge in [0.15, 0.2) is 0 Å². The van der Waals surface area contributed by atoms with E-state index in [0.717, 1.165) is 37.4 Å². The number of hydrogen-bond donors (Lipinski definition) is 1. The molecule has 0 unspecified atom stereocenters. The number of hydrogen-bond acceptors (Lipinski definition) is 5. The van der Waals surface area contributed by atoms with E-state index in [9.17, 15) is 9.18 Å². The topological polar surface area (TPSA) is 61.5 Å². The Morgan fingerprint density at radius 2 is 1.96 bits per heavy atom. The third-order valence-electron chi connectivity index (χ3n) is 6.48. The minimum Gasteiger partial charge on any atom is -0.378 e. The smallest absolute Gasteiger partial charge is 0.254 e. The van der Waals surface area contributed by atoms with Crippen LogP contribution in [-0.4, -0.2) is 48.9 Å². The zero-order valence-electron chi connectivity index (χ0n) is 15.8. The van der Waals surface area contributed by atoms with Crippen molar-refractivity contribution in [2.45, 2.75) is 25.3 Å². The summed E-state index contributed by atoms with van der Waals surface area (Å²) < 4.78 is 18.7. The Labute approximate surface area is 163 Å². The van der Waals surface area contributed by atoms with Crippen molar-refractivity contribution in [3.8, 4) is 0 Å². The standard InChI is InChI=1S/C21H25FN4O2/c22-16-4-1-14(2-5-16)11-18-17-6-3-15(17)13-26(18)21-23-19(12-20(27)24-21)25-7-9-28-10-8-25/h1-2,4-5,12,15,17-18H,3,6-11,13H2,(H,23,24,27)/t15-,17-,18-/m0/s1. The lowest BCUT2D eigenvalue weighted by Gasteiger charge is -2.34. The van der Waals surface area contributed by atoms with Crippen molar-refractivity contribution < 1.29 is 9.13 Å². The number of H-pyrrole nitrogens is 1. The van der Waals surface area contributed by atoms with Gasteiger partial charge in [-0.3, -0.25) is 9.78 Å². The van der Waals surface area contributed by atoms with Crippen molar-refractivity contribution in [1.29, 1.82) is 0 Å². The first-order valence-electron chi connectivity index (χ1n) is 10.1. The molecule has 2 saturated heterocycles. The molecule has 6 nitrogen and oxygen atoms in total. The summed E-state index contributed by atoms with van der Waals surface area (Å²) in [6.45, 7) is 3.74. The van der Waals surface area contributed by atoms with Crippen LogP contribution in [0.25, 0.3) is 0 Å². The van der Waals surface area contributed by atoms with Crippen molar-refractivity contribution in [3.63, 3.8) is 0 Å². The number of rotatable bonds is 4. The fourth-order valence-electron chi connectivity index (χ4n) is 4.84. The normalized spacial score (nSPS) is 26.8. The maximum absolute atomic E-state index is 13.3. The molecule has 5 rings (SSSR count). The molecular weight excluding hydrogens is 359 g/mol. The Morgan fingerprint density at radius 3 is 2.68 bits per heavy atom. The lowest BCUT2D eigenvalue weighted by molar-refractivity contribution is 0.122. The zero-order chi connectivity index (χ0) is 19.1. The quantitative estimate of drug-likeness (QED) is 0.876. The van der Waals surface area contributed by atoms with Gasteiger partial charge in [0.2, 0.25) is 5.95 Å². The molecule has 28 heavy (non-hydrogen) atoms. The van der Waals surface area contributed by atoms with Gasteiger partial charge in [-0.05, 0) is 48.8 Å². The highest BCUT2D eigenvalue weighted by Crippen LogP contribution is 2.46. The van der Waals surface area contributed by atoms with E-state index in [2.05, 4.69) is 14.8 Å². The summed E-state index contributed by atoms with van der Waals surface area (Å²) in [4.78, 5) is 24.5. The van der Waals surface area contributed by atoms with Gasteiger partial charge in [-0.2, -0.15) is 4.98 Å². The van der Waals surface area contributed by atoms with Crippen LogP contribution in [0.5, 0.6) is 0 Å². The van der Waals surface area contributed by atoms with E-state index in [0.29, 0.717) is 31.0 Å². The number of aromatic amines is 1. The minimum absolute atomic E-state index is 0.119. The number of benzene rings is 1. The highest BCUT2D eigenvalue weighted by Gasteiger charge is 2.47. The minimum atomic E-state index is -0.210. The Kier molecular flexibility index (Phi) is 4.55.